The molecule has 0 bridgehead atoms. The summed E-state index contributed by atoms with van der Waals surface area (Å²) in [4.78, 5) is 32.4. The summed E-state index contributed by atoms with van der Waals surface area (Å²) >= 11 is 0. The zero-order valence-electron chi connectivity index (χ0n) is 31.9. The standard InChI is InChI=1S/C41H42F2N8O5S/c1-5-56-34-15-12-27(25-28(34)40(52)48-37-29(42)9-8-10-30(37)43)36-38(51-18-7-6-11-35(51)47-36)31-16-17-44-41(45-31)46-32-13-14-33(26(2)39(32)55-3)50-21-19-49(20-22-50)23-24-57(4,53)54/h6-18,25H,5,19-24H2,1-4H3,(H,48,52)(H,44,45,46). The molecule has 1 saturated heterocycles. The number of ether oxygens (including phenoxy) is 2. The molecule has 3 aromatic carbocycles. The van der Waals surface area contributed by atoms with Crippen LogP contribution in [0.2, 0.25) is 0 Å². The number of piperazine rings is 1. The molecule has 1 aliphatic heterocycles. The van der Waals surface area contributed by atoms with E-state index >= 15 is 0 Å². The van der Waals surface area contributed by atoms with E-state index in [0.717, 1.165) is 49.6 Å². The van der Waals surface area contributed by atoms with Crippen molar-refractivity contribution in [2.75, 3.05) is 74.0 Å². The Balaban J connectivity index is 1.19. The minimum Gasteiger partial charge on any atom is -0.494 e. The van der Waals surface area contributed by atoms with Crippen LogP contribution in [-0.4, -0.2) is 97.0 Å². The van der Waals surface area contributed by atoms with E-state index in [2.05, 4.69) is 25.4 Å². The Labute approximate surface area is 329 Å². The molecule has 0 unspecified atom stereocenters. The van der Waals surface area contributed by atoms with Crippen LogP contribution in [0.3, 0.4) is 0 Å². The van der Waals surface area contributed by atoms with E-state index in [1.807, 2.05) is 47.9 Å². The van der Waals surface area contributed by atoms with Crippen LogP contribution in [0, 0.1) is 18.6 Å². The smallest absolute Gasteiger partial charge is 0.259 e. The van der Waals surface area contributed by atoms with Crippen LogP contribution in [0.25, 0.3) is 28.3 Å². The number of amides is 1. The molecular weight excluding hydrogens is 755 g/mol. The lowest BCUT2D eigenvalue weighted by Gasteiger charge is -2.37. The summed E-state index contributed by atoms with van der Waals surface area (Å²) in [5.74, 6) is -1.27. The van der Waals surface area contributed by atoms with E-state index in [4.69, 9.17) is 19.4 Å². The largest absolute Gasteiger partial charge is 0.494 e. The number of nitrogens with one attached hydrogen (secondary N) is 2. The summed E-state index contributed by atoms with van der Waals surface area (Å²) in [6, 6.07) is 19.6. The number of nitrogens with zero attached hydrogens (tertiary/aromatic N) is 6. The van der Waals surface area contributed by atoms with Crippen LogP contribution in [-0.2, 0) is 9.84 Å². The molecule has 57 heavy (non-hydrogen) atoms. The topological polar surface area (TPSA) is 143 Å². The minimum absolute atomic E-state index is 0.0600. The zero-order valence-corrected chi connectivity index (χ0v) is 32.7. The van der Waals surface area contributed by atoms with E-state index in [9.17, 15) is 22.0 Å². The predicted molar refractivity (Wildman–Crippen MR) is 217 cm³/mol. The first-order valence-electron chi connectivity index (χ1n) is 18.4. The predicted octanol–water partition coefficient (Wildman–Crippen LogP) is 6.61. The van der Waals surface area contributed by atoms with Gasteiger partial charge < -0.3 is 25.0 Å². The monoisotopic (exact) mass is 796 g/mol. The summed E-state index contributed by atoms with van der Waals surface area (Å²) < 4.78 is 65.9. The summed E-state index contributed by atoms with van der Waals surface area (Å²) in [7, 11) is -1.41. The number of rotatable bonds is 13. The van der Waals surface area contributed by atoms with E-state index in [-0.39, 0.29) is 23.7 Å². The van der Waals surface area contributed by atoms with Gasteiger partial charge in [-0.05, 0) is 74.5 Å². The van der Waals surface area contributed by atoms with Gasteiger partial charge in [-0.1, -0.05) is 12.1 Å². The summed E-state index contributed by atoms with van der Waals surface area (Å²) in [5.41, 5.74) is 4.90. The number of pyridine rings is 1. The highest BCUT2D eigenvalue weighted by atomic mass is 32.2. The van der Waals surface area contributed by atoms with Crippen molar-refractivity contribution in [3.8, 4) is 34.1 Å². The van der Waals surface area contributed by atoms with Gasteiger partial charge >= 0.3 is 0 Å². The summed E-state index contributed by atoms with van der Waals surface area (Å²) in [5, 5.41) is 5.69. The fraction of sp³-hybridized carbons (Fsp3) is 0.268. The van der Waals surface area contributed by atoms with Crippen molar-refractivity contribution in [1.29, 1.82) is 0 Å². The number of carbonyl (C=O) groups excluding carboxylic acids is 1. The maximum atomic E-state index is 14.5. The van der Waals surface area contributed by atoms with Crippen molar-refractivity contribution in [2.45, 2.75) is 13.8 Å². The number of hydrogen-bond donors (Lipinski definition) is 2. The van der Waals surface area contributed by atoms with Gasteiger partial charge in [-0.3, -0.25) is 14.1 Å². The maximum absolute atomic E-state index is 14.5. The average Bonchev–Trinajstić information content (AvgIpc) is 3.59. The second-order valence-corrected chi connectivity index (χ2v) is 15.8. The number of benzene rings is 3. The SMILES string of the molecule is CCOc1ccc(-c2nc3ccccn3c2-c2ccnc(Nc3ccc(N4CCN(CCS(C)(=O)=O)CC4)c(C)c3OC)n2)cc1C(=O)Nc1c(F)cccc1F. The molecule has 16 heteroatoms. The Morgan fingerprint density at radius 3 is 2.44 bits per heavy atom. The highest BCUT2D eigenvalue weighted by Crippen LogP contribution is 2.39. The third-order valence-corrected chi connectivity index (χ3v) is 10.7. The number of imidazole rings is 1. The van der Waals surface area contributed by atoms with Crippen molar-refractivity contribution < 1.29 is 31.5 Å². The van der Waals surface area contributed by atoms with Gasteiger partial charge in [0.2, 0.25) is 5.95 Å². The van der Waals surface area contributed by atoms with Crippen LogP contribution < -0.4 is 25.0 Å². The highest BCUT2D eigenvalue weighted by molar-refractivity contribution is 7.90. The lowest BCUT2D eigenvalue weighted by atomic mass is 10.0. The second-order valence-electron chi connectivity index (χ2n) is 13.6. The van der Waals surface area contributed by atoms with Crippen LogP contribution in [0.5, 0.6) is 11.5 Å². The molecule has 1 amide bonds. The number of carbonyl (C=O) groups is 1. The van der Waals surface area contributed by atoms with Gasteiger partial charge in [0.05, 0.1) is 47.8 Å². The molecule has 296 valence electrons. The molecule has 0 aliphatic carbocycles. The normalized spacial score (nSPS) is 13.5. The Kier molecular flexibility index (Phi) is 11.3. The van der Waals surface area contributed by atoms with Crippen molar-refractivity contribution in [1.82, 2.24) is 24.3 Å². The molecule has 0 spiro atoms. The Morgan fingerprint density at radius 2 is 1.72 bits per heavy atom. The van der Waals surface area contributed by atoms with Crippen molar-refractivity contribution in [2.24, 2.45) is 0 Å². The molecule has 0 saturated carbocycles. The van der Waals surface area contributed by atoms with Crippen molar-refractivity contribution in [3.05, 3.63) is 108 Å². The molecular formula is C41H42F2N8O5S. The quantitative estimate of drug-likeness (QED) is 0.130. The molecule has 6 aromatic rings. The second kappa shape index (κ2) is 16.5. The van der Waals surface area contributed by atoms with Crippen LogP contribution in [0.4, 0.5) is 31.8 Å². The first-order chi connectivity index (χ1) is 27.4. The Bertz CT molecular complexity index is 2540. The van der Waals surface area contributed by atoms with Gasteiger partial charge in [0.1, 0.15) is 44.3 Å². The van der Waals surface area contributed by atoms with Crippen molar-refractivity contribution >= 4 is 44.4 Å². The molecule has 1 aliphatic rings. The lowest BCUT2D eigenvalue weighted by molar-refractivity contribution is 0.102. The van der Waals surface area contributed by atoms with E-state index < -0.39 is 33.1 Å². The third-order valence-electron chi connectivity index (χ3n) is 9.75. The minimum atomic E-state index is -3.03. The first-order valence-corrected chi connectivity index (χ1v) is 20.4. The van der Waals surface area contributed by atoms with Gasteiger partial charge in [-0.25, -0.2) is 32.2 Å². The Hall–Kier alpha value is -6.13. The molecule has 2 N–H and O–H groups in total. The number of anilines is 4. The summed E-state index contributed by atoms with van der Waals surface area (Å²) in [6.07, 6.45) is 4.75. The lowest BCUT2D eigenvalue weighted by Crippen LogP contribution is -2.47. The van der Waals surface area contributed by atoms with E-state index in [1.165, 1.54) is 12.3 Å². The van der Waals surface area contributed by atoms with Gasteiger partial charge in [-0.15, -0.1) is 0 Å². The molecule has 0 atom stereocenters. The number of hydrogen-bond acceptors (Lipinski definition) is 11. The molecule has 1 fully saturated rings. The molecule has 7 rings (SSSR count). The maximum Gasteiger partial charge on any atom is 0.259 e. The van der Waals surface area contributed by atoms with Crippen LogP contribution in [0.15, 0.2) is 85.2 Å². The zero-order chi connectivity index (χ0) is 40.3. The fourth-order valence-electron chi connectivity index (χ4n) is 6.94. The molecule has 4 heterocycles. The molecule has 0 radical (unpaired) electrons. The van der Waals surface area contributed by atoms with E-state index in [1.54, 1.807) is 44.5 Å². The van der Waals surface area contributed by atoms with Crippen molar-refractivity contribution in [3.63, 3.8) is 0 Å². The molecule has 13 nitrogen and oxygen atoms in total. The molecule has 3 aromatic heterocycles. The third kappa shape index (κ3) is 8.51. The van der Waals surface area contributed by atoms with Crippen LogP contribution in [0.1, 0.15) is 22.8 Å². The van der Waals surface area contributed by atoms with Gasteiger partial charge in [-0.2, -0.15) is 0 Å². The van der Waals surface area contributed by atoms with Gasteiger partial charge in [0, 0.05) is 68.2 Å². The number of halogens is 2. The summed E-state index contributed by atoms with van der Waals surface area (Å²) in [6.45, 7) is 7.54. The average molecular weight is 797 g/mol. The fourth-order valence-corrected chi connectivity index (χ4v) is 7.53. The number of para-hydroxylation sites is 1. The van der Waals surface area contributed by atoms with Gasteiger partial charge in [0.25, 0.3) is 5.91 Å². The number of sulfone groups is 1. The van der Waals surface area contributed by atoms with Gasteiger partial charge in [0.15, 0.2) is 0 Å². The van der Waals surface area contributed by atoms with Crippen LogP contribution >= 0.6 is 0 Å². The first kappa shape index (κ1) is 39.1. The number of fused-ring (bicyclic) bond motifs is 1. The Morgan fingerprint density at radius 1 is 0.947 bits per heavy atom. The highest BCUT2D eigenvalue weighted by Gasteiger charge is 2.24. The number of methoxy groups -OCH3 is 1. The van der Waals surface area contributed by atoms with E-state index in [0.29, 0.717) is 52.2 Å². The number of aromatic nitrogens is 4.